The first-order valence-corrected chi connectivity index (χ1v) is 7.33. The van der Waals surface area contributed by atoms with Gasteiger partial charge in [-0.05, 0) is 25.8 Å². The van der Waals surface area contributed by atoms with Gasteiger partial charge in [-0.15, -0.1) is 5.10 Å². The monoisotopic (exact) mass is 295 g/mol. The van der Waals surface area contributed by atoms with E-state index in [2.05, 4.69) is 27.9 Å². The molecule has 1 aromatic rings. The Hall–Kier alpha value is -1.76. The van der Waals surface area contributed by atoms with Crippen LogP contribution in [-0.4, -0.2) is 39.3 Å². The topological polar surface area (TPSA) is 88.9 Å². The minimum absolute atomic E-state index is 0.0404. The minimum atomic E-state index is -0.452. The van der Waals surface area contributed by atoms with Crippen molar-refractivity contribution < 1.29 is 9.59 Å². The predicted molar refractivity (Wildman–Crippen MR) is 79.5 cm³/mol. The number of nitrogens with one attached hydrogen (secondary N) is 2. The van der Waals surface area contributed by atoms with Crippen LogP contribution in [0, 0.1) is 5.92 Å². The van der Waals surface area contributed by atoms with Crippen molar-refractivity contribution in [2.24, 2.45) is 5.92 Å². The zero-order chi connectivity index (χ0) is 15.8. The lowest BCUT2D eigenvalue weighted by atomic mass is 10.0. The maximum Gasteiger partial charge on any atom is 0.242 e. The van der Waals surface area contributed by atoms with Gasteiger partial charge in [0.15, 0.2) is 5.78 Å². The van der Waals surface area contributed by atoms with Crippen LogP contribution in [0.4, 0.5) is 0 Å². The van der Waals surface area contributed by atoms with Crippen LogP contribution in [0.2, 0.25) is 0 Å². The normalized spacial score (nSPS) is 12.4. The van der Waals surface area contributed by atoms with Gasteiger partial charge in [-0.1, -0.05) is 26.0 Å². The molecule has 7 heteroatoms. The molecule has 0 saturated heterocycles. The van der Waals surface area contributed by atoms with Gasteiger partial charge in [-0.3, -0.25) is 9.59 Å². The lowest BCUT2D eigenvalue weighted by Crippen LogP contribution is -2.44. The van der Waals surface area contributed by atoms with Crippen molar-refractivity contribution in [1.29, 1.82) is 0 Å². The Morgan fingerprint density at radius 1 is 1.38 bits per heavy atom. The highest BCUT2D eigenvalue weighted by atomic mass is 16.2. The van der Waals surface area contributed by atoms with Crippen LogP contribution in [0.5, 0.6) is 0 Å². The van der Waals surface area contributed by atoms with Crippen LogP contribution in [-0.2, 0) is 22.7 Å². The van der Waals surface area contributed by atoms with Gasteiger partial charge in [0.25, 0.3) is 0 Å². The Morgan fingerprint density at radius 2 is 2.10 bits per heavy atom. The van der Waals surface area contributed by atoms with Gasteiger partial charge in [0, 0.05) is 6.54 Å². The van der Waals surface area contributed by atoms with E-state index in [4.69, 9.17) is 0 Å². The predicted octanol–water partition coefficient (Wildman–Crippen LogP) is 0.508. The molecule has 1 unspecified atom stereocenters. The number of carbonyl (C=O) groups is 2. The fourth-order valence-electron chi connectivity index (χ4n) is 1.99. The molecule has 0 spiro atoms. The second kappa shape index (κ2) is 8.51. The molecule has 1 heterocycles. The summed E-state index contributed by atoms with van der Waals surface area (Å²) in [6.45, 7) is 9.00. The molecule has 1 amide bonds. The van der Waals surface area contributed by atoms with Crippen LogP contribution in [0.15, 0.2) is 6.20 Å². The van der Waals surface area contributed by atoms with Gasteiger partial charge in [-0.25, -0.2) is 4.68 Å². The Morgan fingerprint density at radius 3 is 2.67 bits per heavy atom. The maximum atomic E-state index is 11.9. The molecule has 0 aliphatic rings. The van der Waals surface area contributed by atoms with E-state index in [1.807, 2.05) is 13.8 Å². The third-order valence-corrected chi connectivity index (χ3v) is 3.05. The zero-order valence-electron chi connectivity index (χ0n) is 13.2. The van der Waals surface area contributed by atoms with Gasteiger partial charge in [0.1, 0.15) is 6.54 Å². The number of amides is 1. The SMILES string of the molecule is CCCNCc1cn(CC(=O)NC(C(C)=O)C(C)C)nn1. The average Bonchev–Trinajstić information content (AvgIpc) is 2.83. The molecule has 0 bridgehead atoms. The highest BCUT2D eigenvalue weighted by Gasteiger charge is 2.20. The van der Waals surface area contributed by atoms with Crippen molar-refractivity contribution in [2.75, 3.05) is 6.54 Å². The number of aromatic nitrogens is 3. The molecule has 7 nitrogen and oxygen atoms in total. The van der Waals surface area contributed by atoms with Crippen molar-refractivity contribution in [3.8, 4) is 0 Å². The number of hydrogen-bond acceptors (Lipinski definition) is 5. The van der Waals surface area contributed by atoms with Gasteiger partial charge >= 0.3 is 0 Å². The standard InChI is InChI=1S/C14H25N5O2/c1-5-6-15-7-12-8-19(18-17-12)9-13(21)16-14(10(2)3)11(4)20/h8,10,14-15H,5-7,9H2,1-4H3,(H,16,21). The highest BCUT2D eigenvalue weighted by molar-refractivity contribution is 5.87. The van der Waals surface area contributed by atoms with Crippen LogP contribution < -0.4 is 10.6 Å². The molecule has 1 aromatic heterocycles. The van der Waals surface area contributed by atoms with E-state index >= 15 is 0 Å². The van der Waals surface area contributed by atoms with Crippen LogP contribution in [0.1, 0.15) is 39.8 Å². The third-order valence-electron chi connectivity index (χ3n) is 3.05. The van der Waals surface area contributed by atoms with Gasteiger partial charge in [0.2, 0.25) is 5.91 Å². The molecule has 0 fully saturated rings. The van der Waals surface area contributed by atoms with E-state index in [-0.39, 0.29) is 24.2 Å². The van der Waals surface area contributed by atoms with Crippen molar-refractivity contribution in [3.63, 3.8) is 0 Å². The summed E-state index contributed by atoms with van der Waals surface area (Å²) in [6, 6.07) is -0.452. The Kier molecular flexibility index (Phi) is 7.01. The minimum Gasteiger partial charge on any atom is -0.344 e. The van der Waals surface area contributed by atoms with E-state index in [1.165, 1.54) is 11.6 Å². The summed E-state index contributed by atoms with van der Waals surface area (Å²) in [5.41, 5.74) is 0.795. The summed E-state index contributed by atoms with van der Waals surface area (Å²) in [5, 5.41) is 13.9. The molecule has 118 valence electrons. The summed E-state index contributed by atoms with van der Waals surface area (Å²) in [4.78, 5) is 23.4. The number of Topliss-reactive ketones (excluding diaryl/α,β-unsaturated/α-hetero) is 1. The zero-order valence-corrected chi connectivity index (χ0v) is 13.2. The van der Waals surface area contributed by atoms with Gasteiger partial charge in [0.05, 0.1) is 17.9 Å². The molecule has 0 aliphatic carbocycles. The van der Waals surface area contributed by atoms with E-state index in [0.717, 1.165) is 18.7 Å². The molecule has 0 aliphatic heterocycles. The Labute approximate surface area is 125 Å². The fourth-order valence-corrected chi connectivity index (χ4v) is 1.99. The lowest BCUT2D eigenvalue weighted by molar-refractivity contribution is -0.128. The number of rotatable bonds is 9. The molecule has 0 aromatic carbocycles. The van der Waals surface area contributed by atoms with Gasteiger partial charge < -0.3 is 10.6 Å². The Bertz CT molecular complexity index is 470. The van der Waals surface area contributed by atoms with E-state index in [9.17, 15) is 9.59 Å². The molecule has 0 saturated carbocycles. The van der Waals surface area contributed by atoms with Crippen molar-refractivity contribution in [1.82, 2.24) is 25.6 Å². The molecule has 0 radical (unpaired) electrons. The van der Waals surface area contributed by atoms with E-state index in [1.54, 1.807) is 6.20 Å². The molecule has 21 heavy (non-hydrogen) atoms. The molecule has 2 N–H and O–H groups in total. The fraction of sp³-hybridized carbons (Fsp3) is 0.714. The first-order valence-electron chi connectivity index (χ1n) is 7.33. The largest absolute Gasteiger partial charge is 0.344 e. The maximum absolute atomic E-state index is 11.9. The van der Waals surface area contributed by atoms with Gasteiger partial charge in [-0.2, -0.15) is 0 Å². The average molecular weight is 295 g/mol. The summed E-state index contributed by atoms with van der Waals surface area (Å²) >= 11 is 0. The summed E-state index contributed by atoms with van der Waals surface area (Å²) in [5.74, 6) is -0.209. The third kappa shape index (κ3) is 6.03. The first-order chi connectivity index (χ1) is 9.93. The van der Waals surface area contributed by atoms with E-state index < -0.39 is 6.04 Å². The van der Waals surface area contributed by atoms with Crippen LogP contribution >= 0.6 is 0 Å². The summed E-state index contributed by atoms with van der Waals surface area (Å²) in [6.07, 6.45) is 2.79. The summed E-state index contributed by atoms with van der Waals surface area (Å²) < 4.78 is 1.48. The summed E-state index contributed by atoms with van der Waals surface area (Å²) in [7, 11) is 0. The molecule has 1 rings (SSSR count). The Balaban J connectivity index is 2.49. The second-order valence-corrected chi connectivity index (χ2v) is 5.48. The smallest absolute Gasteiger partial charge is 0.242 e. The lowest BCUT2D eigenvalue weighted by Gasteiger charge is -2.19. The molecule has 1 atom stereocenters. The number of nitrogens with zero attached hydrogens (tertiary/aromatic N) is 3. The van der Waals surface area contributed by atoms with Crippen LogP contribution in [0.25, 0.3) is 0 Å². The quantitative estimate of drug-likeness (QED) is 0.648. The highest BCUT2D eigenvalue weighted by Crippen LogP contribution is 2.03. The number of hydrogen-bond donors (Lipinski definition) is 2. The van der Waals surface area contributed by atoms with Crippen LogP contribution in [0.3, 0.4) is 0 Å². The van der Waals surface area contributed by atoms with Crippen molar-refractivity contribution >= 4 is 11.7 Å². The van der Waals surface area contributed by atoms with E-state index in [0.29, 0.717) is 6.54 Å². The van der Waals surface area contributed by atoms with Crippen molar-refractivity contribution in [2.45, 2.75) is 53.2 Å². The van der Waals surface area contributed by atoms with Crippen molar-refractivity contribution in [3.05, 3.63) is 11.9 Å². The molecular weight excluding hydrogens is 270 g/mol. The molecular formula is C14H25N5O2. The second-order valence-electron chi connectivity index (χ2n) is 5.48. The number of ketones is 1. The first kappa shape index (κ1) is 17.3. The number of carbonyl (C=O) groups excluding carboxylic acids is 2.